The Morgan fingerprint density at radius 3 is 2.24 bits per heavy atom. The number of nitrogens with zero attached hydrogens (tertiary/aromatic N) is 6. The third-order valence-electron chi connectivity index (χ3n) is 12.0. The van der Waals surface area contributed by atoms with Crippen molar-refractivity contribution in [2.45, 2.75) is 81.3 Å². The molecule has 1 fully saturated rings. The van der Waals surface area contributed by atoms with E-state index >= 15 is 8.78 Å². The van der Waals surface area contributed by atoms with Gasteiger partial charge < -0.3 is 20.4 Å². The summed E-state index contributed by atoms with van der Waals surface area (Å²) < 4.78 is 205. The molecule has 7 rings (SSSR count). The first-order valence-corrected chi connectivity index (χ1v) is 26.6. The number of fused-ring (bicyclic) bond motifs is 4. The number of carbonyl (C=O) groups is 3. The van der Waals surface area contributed by atoms with Gasteiger partial charge in [0.15, 0.2) is 15.5 Å². The smallest absolute Gasteiger partial charge is 0.347 e. The molecule has 18 nitrogen and oxygen atoms in total. The fourth-order valence-electron chi connectivity index (χ4n) is 8.30. The van der Waals surface area contributed by atoms with Crippen molar-refractivity contribution in [1.29, 1.82) is 0 Å². The number of carbonyl (C=O) groups excluding carboxylic acids is 3. The van der Waals surface area contributed by atoms with E-state index < -0.39 is 182 Å². The summed E-state index contributed by atoms with van der Waals surface area (Å²) in [5.41, 5.74) is -6.71. The van der Waals surface area contributed by atoms with Gasteiger partial charge in [-0.05, 0) is 74.4 Å². The van der Waals surface area contributed by atoms with Crippen LogP contribution >= 0.6 is 19.2 Å². The van der Waals surface area contributed by atoms with Crippen LogP contribution in [0.15, 0.2) is 42.5 Å². The van der Waals surface area contributed by atoms with Gasteiger partial charge >= 0.3 is 31.8 Å². The number of hydrogen-bond donors (Lipinski definition) is 5. The van der Waals surface area contributed by atoms with E-state index in [1.165, 1.54) is 13.8 Å². The summed E-state index contributed by atoms with van der Waals surface area (Å²) in [6.45, 7) is -2.95. The normalized spacial score (nSPS) is 17.1. The number of amides is 3. The highest BCUT2D eigenvalue weighted by Gasteiger charge is 2.68. The van der Waals surface area contributed by atoms with Crippen molar-refractivity contribution in [3.05, 3.63) is 98.7 Å². The van der Waals surface area contributed by atoms with Gasteiger partial charge in [-0.1, -0.05) is 23.6 Å². The van der Waals surface area contributed by atoms with Gasteiger partial charge in [-0.25, -0.2) is 30.7 Å². The molecule has 4 atom stereocenters. The van der Waals surface area contributed by atoms with Crippen molar-refractivity contribution in [1.82, 2.24) is 39.5 Å². The van der Waals surface area contributed by atoms with Crippen molar-refractivity contribution in [3.8, 4) is 23.0 Å². The highest BCUT2D eigenvalue weighted by Crippen LogP contribution is 2.68. The van der Waals surface area contributed by atoms with Crippen LogP contribution in [0.3, 0.4) is 0 Å². The summed E-state index contributed by atoms with van der Waals surface area (Å²) in [6.07, 6.45) is -11.5. The lowest BCUT2D eigenvalue weighted by molar-refractivity contribution is -0.143. The second-order valence-electron chi connectivity index (χ2n) is 17.9. The topological polar surface area (TPSA) is 256 Å². The van der Waals surface area contributed by atoms with E-state index in [0.717, 1.165) is 42.7 Å². The van der Waals surface area contributed by atoms with Crippen LogP contribution < -0.4 is 10.6 Å². The van der Waals surface area contributed by atoms with Crippen molar-refractivity contribution < 1.29 is 89.8 Å². The maximum atomic E-state index is 15.6. The molecule has 0 bridgehead atoms. The van der Waals surface area contributed by atoms with Crippen molar-refractivity contribution in [3.63, 3.8) is 0 Å². The van der Waals surface area contributed by atoms with Crippen LogP contribution in [-0.2, 0) is 78.2 Å². The van der Waals surface area contributed by atoms with Crippen LogP contribution in [0.25, 0.3) is 22.0 Å². The van der Waals surface area contributed by atoms with Crippen molar-refractivity contribution >= 4 is 68.9 Å². The van der Waals surface area contributed by atoms with Crippen LogP contribution in [0.4, 0.5) is 43.9 Å². The highest BCUT2D eigenvalue weighted by molar-refractivity contribution is 7.92. The SMILES string of the molecule is CC(C)(C#Cc1ccc(-c2ccc(Cl)c3c(CN(C(=O)C(=O)NCCP(=O)(O)O)S(=O)O)nn(CC(F)(F)F)c23)c(C(Cc2cc(F)cc(F)c2)NC(=O)Cn2nc(C(F)(F)F)c3c2C(F)(F)[C@@H]2C[C@H]32)n1)S(C)(=O)=O. The maximum absolute atomic E-state index is 15.6. The summed E-state index contributed by atoms with van der Waals surface area (Å²) in [7, 11) is -8.66. The monoisotopic (exact) mass is 1150 g/mol. The Kier molecular flexibility index (Phi) is 15.3. The number of halogens is 11. The molecule has 2 unspecified atom stereocenters. The van der Waals surface area contributed by atoms with E-state index in [0.29, 0.717) is 6.07 Å². The lowest BCUT2D eigenvalue weighted by atomic mass is 9.93. The van der Waals surface area contributed by atoms with E-state index in [1.807, 2.05) is 5.32 Å². The summed E-state index contributed by atoms with van der Waals surface area (Å²) in [4.78, 5) is 62.7. The van der Waals surface area contributed by atoms with Crippen LogP contribution in [-0.4, -0.2) is 103 Å². The van der Waals surface area contributed by atoms with Gasteiger partial charge in [-0.3, -0.25) is 32.9 Å². The number of sulfone groups is 1. The van der Waals surface area contributed by atoms with Gasteiger partial charge in [0, 0.05) is 46.9 Å². The predicted octanol–water partition coefficient (Wildman–Crippen LogP) is 6.05. The van der Waals surface area contributed by atoms with Crippen LogP contribution in [0.1, 0.15) is 71.8 Å². The van der Waals surface area contributed by atoms with Gasteiger partial charge in [0.1, 0.15) is 40.9 Å². The quantitative estimate of drug-likeness (QED) is 0.0263. The Bertz CT molecular complexity index is 3410. The number of benzene rings is 2. The first-order chi connectivity index (χ1) is 34.5. The number of pyridine rings is 1. The van der Waals surface area contributed by atoms with E-state index in [9.17, 15) is 71.3 Å². The van der Waals surface area contributed by atoms with E-state index in [4.69, 9.17) is 21.4 Å². The van der Waals surface area contributed by atoms with E-state index in [1.54, 1.807) is 0 Å². The Hall–Kier alpha value is -5.96. The Balaban J connectivity index is 1.43. The molecule has 2 aliphatic carbocycles. The second-order valence-corrected chi connectivity index (χ2v) is 23.5. The molecular formula is C43H38ClF10N8O10PS2. The highest BCUT2D eigenvalue weighted by atomic mass is 35.5. The number of rotatable bonds is 15. The van der Waals surface area contributed by atoms with Gasteiger partial charge in [-0.15, -0.1) is 0 Å². The minimum Gasteiger partial charge on any atom is -0.347 e. The van der Waals surface area contributed by atoms with Crippen LogP contribution in [0, 0.1) is 29.4 Å². The van der Waals surface area contributed by atoms with Crippen molar-refractivity contribution in [2.24, 2.45) is 5.92 Å². The van der Waals surface area contributed by atoms with Gasteiger partial charge in [-0.2, -0.15) is 45.3 Å². The third-order valence-corrected chi connectivity index (χ3v) is 15.7. The number of nitrogens with one attached hydrogen (secondary N) is 2. The zero-order chi connectivity index (χ0) is 55.7. The van der Waals surface area contributed by atoms with Gasteiger partial charge in [0.05, 0.1) is 40.7 Å². The van der Waals surface area contributed by atoms with Crippen LogP contribution in [0.5, 0.6) is 0 Å². The van der Waals surface area contributed by atoms with E-state index in [2.05, 4.69) is 32.3 Å². The fourth-order valence-corrected chi connectivity index (χ4v) is 9.66. The first kappa shape index (κ1) is 56.8. The zero-order valence-corrected chi connectivity index (χ0v) is 41.8. The lowest BCUT2D eigenvalue weighted by Crippen LogP contribution is -2.44. The zero-order valence-electron chi connectivity index (χ0n) is 38.5. The molecule has 32 heteroatoms. The molecule has 0 radical (unpaired) electrons. The fraction of sp³-hybridized carbons (Fsp3) is 0.395. The molecule has 3 aromatic heterocycles. The largest absolute Gasteiger partial charge is 0.435 e. The molecule has 2 aliphatic rings. The molecule has 3 amide bonds. The second kappa shape index (κ2) is 20.2. The summed E-state index contributed by atoms with van der Waals surface area (Å²) >= 11 is 3.12. The number of alkyl halides is 8. The third kappa shape index (κ3) is 12.3. The first-order valence-electron chi connectivity index (χ1n) is 21.5. The molecule has 5 N–H and O–H groups in total. The van der Waals surface area contributed by atoms with Crippen LogP contribution in [0.2, 0.25) is 5.02 Å². The average Bonchev–Trinajstić information content (AvgIpc) is 3.78. The molecule has 0 spiro atoms. The van der Waals surface area contributed by atoms with Gasteiger partial charge in [0.2, 0.25) is 5.91 Å². The lowest BCUT2D eigenvalue weighted by Gasteiger charge is -2.23. The summed E-state index contributed by atoms with van der Waals surface area (Å²) in [5.74, 6) is -8.78. The minimum atomic E-state index is -5.24. The maximum Gasteiger partial charge on any atom is 0.435 e. The standard InChI is InChI=1S/C43H38ClF10N8O10PS2/c1-40(2,75(3,71)72)9-8-23-4-5-24(25-6-7-28(44)33-30(58-61(35(25)33)19-41(47,48)49)17-62(74(69)70)39(65)38(64)55-10-11-73(66,67)68)34(56-23)29(14-20-12-21(45)15-22(46)13-20)57-31(63)18-60-37-32(36(59-60)43(52,53)54)26-16-27(26)42(37,50)51/h4-7,12-13,15,26-27,29H,10-11,14,16-19H2,1-3H3,(H,55,64)(H,57,63)(H,69,70)(H2,66,67,68)/t26-,27+,29?/m0/s1. The van der Waals surface area contributed by atoms with Gasteiger partial charge in [0.25, 0.3) is 17.2 Å². The molecule has 0 saturated heterocycles. The van der Waals surface area contributed by atoms with Crippen molar-refractivity contribution in [2.75, 3.05) is 19.0 Å². The molecule has 5 aromatic rings. The Morgan fingerprint density at radius 2 is 1.65 bits per heavy atom. The Morgan fingerprint density at radius 1 is 1.01 bits per heavy atom. The average molecular weight is 1150 g/mol. The predicted molar refractivity (Wildman–Crippen MR) is 244 cm³/mol. The molecule has 0 aliphatic heterocycles. The molecule has 2 aromatic carbocycles. The molecule has 404 valence electrons. The Labute approximate surface area is 424 Å². The number of hydrogen-bond acceptors (Lipinski definition) is 10. The molecule has 1 saturated carbocycles. The van der Waals surface area contributed by atoms with E-state index in [-0.39, 0.29) is 42.5 Å². The minimum absolute atomic E-state index is 0.0940. The number of aromatic nitrogens is 5. The molecular weight excluding hydrogens is 1110 g/mol. The summed E-state index contributed by atoms with van der Waals surface area (Å²) in [6, 6.07) is 4.60. The molecule has 3 heterocycles. The molecule has 75 heavy (non-hydrogen) atoms. The summed E-state index contributed by atoms with van der Waals surface area (Å²) in [5, 5.41) is 10.6.